The molecule has 1 unspecified atom stereocenters. The summed E-state index contributed by atoms with van der Waals surface area (Å²) in [6.45, 7) is 3.11. The van der Waals surface area contributed by atoms with Crippen molar-refractivity contribution in [1.82, 2.24) is 19.9 Å². The number of fused-ring (bicyclic) bond motifs is 1. The average molecular weight is 441 g/mol. The number of nitrogens with one attached hydrogen (secondary N) is 2. The SMILES string of the molecule is CNC(=O)C1CCCN(c2nc3ncn(CC(=O)Nc4ccccc4C)c(=O)c3s2)C1. The molecule has 0 saturated carbocycles. The third-order valence-electron chi connectivity index (χ3n) is 5.41. The number of hydrogen-bond acceptors (Lipinski definition) is 7. The van der Waals surface area contributed by atoms with E-state index in [1.165, 1.54) is 22.2 Å². The van der Waals surface area contributed by atoms with Gasteiger partial charge in [-0.05, 0) is 31.4 Å². The van der Waals surface area contributed by atoms with Crippen molar-refractivity contribution in [3.05, 3.63) is 46.5 Å². The molecule has 0 bridgehead atoms. The van der Waals surface area contributed by atoms with Crippen LogP contribution in [0.1, 0.15) is 18.4 Å². The highest BCUT2D eigenvalue weighted by atomic mass is 32.1. The lowest BCUT2D eigenvalue weighted by atomic mass is 9.98. The molecule has 1 saturated heterocycles. The normalized spacial score (nSPS) is 16.3. The lowest BCUT2D eigenvalue weighted by Gasteiger charge is -2.31. The number of aryl methyl sites for hydroxylation is 1. The van der Waals surface area contributed by atoms with Crippen LogP contribution < -0.4 is 21.1 Å². The largest absolute Gasteiger partial charge is 0.359 e. The maximum absolute atomic E-state index is 12.9. The van der Waals surface area contributed by atoms with Gasteiger partial charge < -0.3 is 15.5 Å². The molecule has 1 aromatic carbocycles. The number of piperidine rings is 1. The van der Waals surface area contributed by atoms with Gasteiger partial charge in [-0.25, -0.2) is 4.98 Å². The minimum Gasteiger partial charge on any atom is -0.359 e. The summed E-state index contributed by atoms with van der Waals surface area (Å²) in [5.41, 5.74) is 1.72. The molecule has 0 aliphatic carbocycles. The molecule has 1 fully saturated rings. The highest BCUT2D eigenvalue weighted by Gasteiger charge is 2.27. The minimum absolute atomic E-state index is 0.0194. The van der Waals surface area contributed by atoms with Crippen LogP contribution in [0.4, 0.5) is 10.8 Å². The number of aromatic nitrogens is 3. The number of thiazole rings is 1. The van der Waals surface area contributed by atoms with Crippen molar-refractivity contribution in [2.24, 2.45) is 5.92 Å². The van der Waals surface area contributed by atoms with Crippen LogP contribution in [0.15, 0.2) is 35.4 Å². The Labute approximate surface area is 183 Å². The Morgan fingerprint density at radius 1 is 1.29 bits per heavy atom. The Hall–Kier alpha value is -3.27. The molecule has 10 heteroatoms. The molecule has 3 aromatic rings. The maximum Gasteiger partial charge on any atom is 0.273 e. The van der Waals surface area contributed by atoms with Crippen LogP contribution in [0.3, 0.4) is 0 Å². The van der Waals surface area contributed by atoms with Gasteiger partial charge in [0.25, 0.3) is 5.56 Å². The van der Waals surface area contributed by atoms with E-state index in [2.05, 4.69) is 20.6 Å². The molecule has 1 aliphatic heterocycles. The van der Waals surface area contributed by atoms with Crippen molar-refractivity contribution in [3.8, 4) is 0 Å². The Balaban J connectivity index is 1.53. The van der Waals surface area contributed by atoms with Gasteiger partial charge in [-0.1, -0.05) is 29.5 Å². The predicted octanol–water partition coefficient (Wildman–Crippen LogP) is 1.76. The molecule has 31 heavy (non-hydrogen) atoms. The molecular formula is C21H24N6O3S. The first-order valence-electron chi connectivity index (χ1n) is 10.1. The number of carbonyl (C=O) groups excluding carboxylic acids is 2. The zero-order valence-corrected chi connectivity index (χ0v) is 18.2. The van der Waals surface area contributed by atoms with Gasteiger partial charge in [0.15, 0.2) is 10.8 Å². The smallest absolute Gasteiger partial charge is 0.273 e. The molecule has 4 rings (SSSR count). The van der Waals surface area contributed by atoms with Gasteiger partial charge in [-0.2, -0.15) is 4.98 Å². The second-order valence-corrected chi connectivity index (χ2v) is 8.57. The molecule has 162 valence electrons. The Kier molecular flexibility index (Phi) is 5.99. The first-order chi connectivity index (χ1) is 15.0. The second kappa shape index (κ2) is 8.84. The molecule has 2 aromatic heterocycles. The quantitative estimate of drug-likeness (QED) is 0.626. The minimum atomic E-state index is -0.299. The number of anilines is 2. The van der Waals surface area contributed by atoms with Gasteiger partial charge in [-0.3, -0.25) is 19.0 Å². The molecule has 0 spiro atoms. The lowest BCUT2D eigenvalue weighted by Crippen LogP contribution is -2.42. The summed E-state index contributed by atoms with van der Waals surface area (Å²) in [6.07, 6.45) is 3.07. The fourth-order valence-electron chi connectivity index (χ4n) is 3.71. The summed E-state index contributed by atoms with van der Waals surface area (Å²) in [5.74, 6) is -0.377. The second-order valence-electron chi connectivity index (χ2n) is 7.59. The number of nitrogens with zero attached hydrogens (tertiary/aromatic N) is 4. The number of para-hydroxylation sites is 1. The van der Waals surface area contributed by atoms with E-state index in [9.17, 15) is 14.4 Å². The van der Waals surface area contributed by atoms with Crippen LogP contribution in [0.2, 0.25) is 0 Å². The molecular weight excluding hydrogens is 416 g/mol. The topological polar surface area (TPSA) is 109 Å². The number of amides is 2. The first kappa shape index (κ1) is 21.0. The zero-order valence-electron chi connectivity index (χ0n) is 17.4. The van der Waals surface area contributed by atoms with E-state index in [4.69, 9.17) is 0 Å². The highest BCUT2D eigenvalue weighted by Crippen LogP contribution is 2.29. The van der Waals surface area contributed by atoms with Gasteiger partial charge in [0, 0.05) is 25.8 Å². The van der Waals surface area contributed by atoms with Crippen molar-refractivity contribution < 1.29 is 9.59 Å². The molecule has 2 N–H and O–H groups in total. The molecule has 1 atom stereocenters. The standard InChI is InChI=1S/C21H24N6O3S/c1-13-6-3-4-8-15(13)24-16(28)11-27-12-23-18-17(20(27)30)31-21(25-18)26-9-5-7-14(10-26)19(29)22-2/h3-4,6,8,12,14H,5,7,9-11H2,1-2H3,(H,22,29)(H,24,28). The molecule has 0 radical (unpaired) electrons. The van der Waals surface area contributed by atoms with Crippen molar-refractivity contribution >= 4 is 44.3 Å². The summed E-state index contributed by atoms with van der Waals surface area (Å²) in [7, 11) is 1.64. The highest BCUT2D eigenvalue weighted by molar-refractivity contribution is 7.22. The maximum atomic E-state index is 12.9. The zero-order chi connectivity index (χ0) is 22.0. The van der Waals surface area contributed by atoms with Crippen LogP contribution in [-0.4, -0.2) is 46.5 Å². The molecule has 3 heterocycles. The number of hydrogen-bond donors (Lipinski definition) is 2. The summed E-state index contributed by atoms with van der Waals surface area (Å²) >= 11 is 1.26. The summed E-state index contributed by atoms with van der Waals surface area (Å²) in [6, 6.07) is 7.46. The van der Waals surface area contributed by atoms with Crippen molar-refractivity contribution in [3.63, 3.8) is 0 Å². The van der Waals surface area contributed by atoms with Gasteiger partial charge in [0.2, 0.25) is 11.8 Å². The summed E-state index contributed by atoms with van der Waals surface area (Å²) in [5, 5.41) is 6.21. The van der Waals surface area contributed by atoms with E-state index < -0.39 is 0 Å². The van der Waals surface area contributed by atoms with E-state index in [0.717, 1.165) is 24.9 Å². The number of rotatable bonds is 5. The first-order valence-corrected chi connectivity index (χ1v) is 11.0. The third-order valence-corrected chi connectivity index (χ3v) is 6.51. The van der Waals surface area contributed by atoms with E-state index in [1.54, 1.807) is 7.05 Å². The monoisotopic (exact) mass is 440 g/mol. The summed E-state index contributed by atoms with van der Waals surface area (Å²) < 4.78 is 1.70. The number of benzene rings is 1. The van der Waals surface area contributed by atoms with Gasteiger partial charge in [0.05, 0.1) is 5.92 Å². The molecule has 2 amide bonds. The fraction of sp³-hybridized carbons (Fsp3) is 0.381. The van der Waals surface area contributed by atoms with Crippen LogP contribution in [0.5, 0.6) is 0 Å². The predicted molar refractivity (Wildman–Crippen MR) is 120 cm³/mol. The van der Waals surface area contributed by atoms with E-state index in [-0.39, 0.29) is 29.8 Å². The van der Waals surface area contributed by atoms with Crippen LogP contribution in [0.25, 0.3) is 10.3 Å². The van der Waals surface area contributed by atoms with Crippen LogP contribution in [-0.2, 0) is 16.1 Å². The summed E-state index contributed by atoms with van der Waals surface area (Å²) in [4.78, 5) is 48.2. The number of carbonyl (C=O) groups is 2. The van der Waals surface area contributed by atoms with Gasteiger partial charge in [0.1, 0.15) is 17.6 Å². The average Bonchev–Trinajstić information content (AvgIpc) is 3.22. The van der Waals surface area contributed by atoms with E-state index in [0.29, 0.717) is 27.7 Å². The Bertz CT molecular complexity index is 1190. The van der Waals surface area contributed by atoms with E-state index >= 15 is 0 Å². The Morgan fingerprint density at radius 3 is 2.87 bits per heavy atom. The third kappa shape index (κ3) is 4.43. The van der Waals surface area contributed by atoms with Crippen LogP contribution in [0, 0.1) is 12.8 Å². The van der Waals surface area contributed by atoms with Gasteiger partial charge in [-0.15, -0.1) is 0 Å². The molecule has 1 aliphatic rings. The van der Waals surface area contributed by atoms with Gasteiger partial charge >= 0.3 is 0 Å². The van der Waals surface area contributed by atoms with Crippen molar-refractivity contribution in [2.75, 3.05) is 30.4 Å². The Morgan fingerprint density at radius 2 is 2.10 bits per heavy atom. The van der Waals surface area contributed by atoms with Crippen molar-refractivity contribution in [1.29, 1.82) is 0 Å². The lowest BCUT2D eigenvalue weighted by molar-refractivity contribution is -0.124. The van der Waals surface area contributed by atoms with E-state index in [1.807, 2.05) is 36.1 Å². The fourth-order valence-corrected chi connectivity index (χ4v) is 4.71. The molecule has 9 nitrogen and oxygen atoms in total. The van der Waals surface area contributed by atoms with Crippen LogP contribution >= 0.6 is 11.3 Å². The van der Waals surface area contributed by atoms with Crippen molar-refractivity contribution in [2.45, 2.75) is 26.3 Å².